The van der Waals surface area contributed by atoms with Crippen molar-refractivity contribution in [3.05, 3.63) is 11.9 Å². The zero-order chi connectivity index (χ0) is 14.6. The van der Waals surface area contributed by atoms with Crippen LogP contribution in [0.4, 0.5) is 11.6 Å². The van der Waals surface area contributed by atoms with Gasteiger partial charge in [0.15, 0.2) is 9.84 Å². The van der Waals surface area contributed by atoms with Gasteiger partial charge < -0.3 is 10.7 Å². The molecule has 2 heterocycles. The summed E-state index contributed by atoms with van der Waals surface area (Å²) in [5, 5.41) is 3.18. The molecule has 0 amide bonds. The lowest BCUT2D eigenvalue weighted by molar-refractivity contribution is 0.561. The Labute approximate surface area is 119 Å². The Morgan fingerprint density at radius 3 is 2.80 bits per heavy atom. The summed E-state index contributed by atoms with van der Waals surface area (Å²) in [6, 6.07) is 1.60. The van der Waals surface area contributed by atoms with Crippen LogP contribution in [0.3, 0.4) is 0 Å². The Bertz CT molecular complexity index is 561. The smallest absolute Gasteiger partial charge is 0.152 e. The highest BCUT2D eigenvalue weighted by Gasteiger charge is 2.25. The molecule has 2 rings (SSSR count). The van der Waals surface area contributed by atoms with E-state index in [9.17, 15) is 8.42 Å². The molecule has 8 heteroatoms. The van der Waals surface area contributed by atoms with E-state index in [4.69, 9.17) is 5.84 Å². The first-order valence-electron chi connectivity index (χ1n) is 6.84. The minimum absolute atomic E-state index is 0.0937. The van der Waals surface area contributed by atoms with Crippen LogP contribution < -0.4 is 16.6 Å². The van der Waals surface area contributed by atoms with Crippen LogP contribution in [-0.4, -0.2) is 35.9 Å². The third-order valence-electron chi connectivity index (χ3n) is 3.21. The van der Waals surface area contributed by atoms with Gasteiger partial charge in [-0.25, -0.2) is 24.2 Å². The standard InChI is InChI=1S/C12H21N5O2S/c1-2-4-10-15-11(7-12(16-10)17-13)14-9-5-3-6-20(18,19)8-9/h7,9H,2-6,8,13H2,1H3,(H2,14,15,16,17). The molecule has 0 aromatic carbocycles. The van der Waals surface area contributed by atoms with Crippen molar-refractivity contribution in [2.24, 2.45) is 5.84 Å². The van der Waals surface area contributed by atoms with Crippen molar-refractivity contribution >= 4 is 21.5 Å². The molecule has 0 saturated carbocycles. The molecule has 1 aromatic heterocycles. The summed E-state index contributed by atoms with van der Waals surface area (Å²) in [5.41, 5.74) is 2.51. The molecule has 1 aromatic rings. The summed E-state index contributed by atoms with van der Waals surface area (Å²) in [4.78, 5) is 8.66. The number of anilines is 2. The minimum Gasteiger partial charge on any atom is -0.366 e. The zero-order valence-corrected chi connectivity index (χ0v) is 12.4. The van der Waals surface area contributed by atoms with Crippen LogP contribution in [0.1, 0.15) is 32.0 Å². The number of nitrogens with one attached hydrogen (secondary N) is 2. The van der Waals surface area contributed by atoms with E-state index in [-0.39, 0.29) is 17.5 Å². The van der Waals surface area contributed by atoms with Crippen molar-refractivity contribution in [1.82, 2.24) is 9.97 Å². The van der Waals surface area contributed by atoms with E-state index in [1.165, 1.54) is 0 Å². The van der Waals surface area contributed by atoms with E-state index in [2.05, 4.69) is 20.7 Å². The molecular formula is C12H21N5O2S. The molecule has 1 fully saturated rings. The van der Waals surface area contributed by atoms with Gasteiger partial charge in [-0.05, 0) is 19.3 Å². The molecular weight excluding hydrogens is 278 g/mol. The van der Waals surface area contributed by atoms with E-state index in [1.54, 1.807) is 6.07 Å². The van der Waals surface area contributed by atoms with Crippen LogP contribution in [0.15, 0.2) is 6.07 Å². The van der Waals surface area contributed by atoms with Crippen LogP contribution in [0.2, 0.25) is 0 Å². The number of hydrogen-bond acceptors (Lipinski definition) is 7. The Balaban J connectivity index is 2.13. The number of nitrogens with zero attached hydrogens (tertiary/aromatic N) is 2. The lowest BCUT2D eigenvalue weighted by atomic mass is 10.2. The molecule has 4 N–H and O–H groups in total. The summed E-state index contributed by atoms with van der Waals surface area (Å²) in [6.45, 7) is 2.05. The Morgan fingerprint density at radius 2 is 2.15 bits per heavy atom. The molecule has 1 aliphatic heterocycles. The highest BCUT2D eigenvalue weighted by molar-refractivity contribution is 7.91. The summed E-state index contributed by atoms with van der Waals surface area (Å²) in [7, 11) is -2.93. The second-order valence-electron chi connectivity index (χ2n) is 5.05. The summed E-state index contributed by atoms with van der Waals surface area (Å²) in [5.74, 6) is 7.69. The molecule has 1 saturated heterocycles. The van der Waals surface area contributed by atoms with Crippen molar-refractivity contribution in [1.29, 1.82) is 0 Å². The summed E-state index contributed by atoms with van der Waals surface area (Å²) in [6.07, 6.45) is 3.21. The third-order valence-corrected chi connectivity index (χ3v) is 5.03. The van der Waals surface area contributed by atoms with Crippen molar-refractivity contribution in [3.8, 4) is 0 Å². The molecule has 0 bridgehead atoms. The fourth-order valence-corrected chi connectivity index (χ4v) is 3.96. The van der Waals surface area contributed by atoms with E-state index in [0.29, 0.717) is 23.9 Å². The average Bonchev–Trinajstić information content (AvgIpc) is 2.37. The normalized spacial score (nSPS) is 21.4. The van der Waals surface area contributed by atoms with Crippen LogP contribution in [0.5, 0.6) is 0 Å². The maximum atomic E-state index is 11.6. The predicted octanol–water partition coefficient (Wildman–Crippen LogP) is 0.704. The quantitative estimate of drug-likeness (QED) is 0.542. The molecule has 7 nitrogen and oxygen atoms in total. The third kappa shape index (κ3) is 4.04. The number of nitrogen functional groups attached to an aromatic ring is 1. The zero-order valence-electron chi connectivity index (χ0n) is 11.6. The predicted molar refractivity (Wildman–Crippen MR) is 79.1 cm³/mol. The highest BCUT2D eigenvalue weighted by Crippen LogP contribution is 2.18. The van der Waals surface area contributed by atoms with Gasteiger partial charge in [-0.15, -0.1) is 0 Å². The maximum absolute atomic E-state index is 11.6. The highest BCUT2D eigenvalue weighted by atomic mass is 32.2. The monoisotopic (exact) mass is 299 g/mol. The second-order valence-corrected chi connectivity index (χ2v) is 7.28. The first-order valence-corrected chi connectivity index (χ1v) is 8.66. The topological polar surface area (TPSA) is 110 Å². The van der Waals surface area contributed by atoms with Gasteiger partial charge in [0.05, 0.1) is 11.5 Å². The van der Waals surface area contributed by atoms with Gasteiger partial charge >= 0.3 is 0 Å². The molecule has 0 spiro atoms. The average molecular weight is 299 g/mol. The van der Waals surface area contributed by atoms with Gasteiger partial charge in [-0.3, -0.25) is 0 Å². The molecule has 1 unspecified atom stereocenters. The van der Waals surface area contributed by atoms with Crippen LogP contribution in [0, 0.1) is 0 Å². The Hall–Kier alpha value is -1.41. The van der Waals surface area contributed by atoms with Gasteiger partial charge in [-0.2, -0.15) is 0 Å². The van der Waals surface area contributed by atoms with Gasteiger partial charge in [-0.1, -0.05) is 6.92 Å². The summed E-state index contributed by atoms with van der Waals surface area (Å²) >= 11 is 0. The Morgan fingerprint density at radius 1 is 1.40 bits per heavy atom. The van der Waals surface area contributed by atoms with E-state index in [1.807, 2.05) is 6.92 Å². The second kappa shape index (κ2) is 6.36. The fraction of sp³-hybridized carbons (Fsp3) is 0.667. The van der Waals surface area contributed by atoms with Crippen molar-refractivity contribution in [3.63, 3.8) is 0 Å². The van der Waals surface area contributed by atoms with Gasteiger partial charge in [0.1, 0.15) is 17.5 Å². The largest absolute Gasteiger partial charge is 0.366 e. The molecule has 0 radical (unpaired) electrons. The number of sulfone groups is 1. The number of hydrazine groups is 1. The summed E-state index contributed by atoms with van der Waals surface area (Å²) < 4.78 is 23.3. The van der Waals surface area contributed by atoms with E-state index < -0.39 is 9.84 Å². The lowest BCUT2D eigenvalue weighted by Crippen LogP contribution is -2.35. The number of nitrogens with two attached hydrogens (primary N) is 1. The number of aryl methyl sites for hydroxylation is 1. The number of aromatic nitrogens is 2. The van der Waals surface area contributed by atoms with Gasteiger partial charge in [0, 0.05) is 18.5 Å². The van der Waals surface area contributed by atoms with Gasteiger partial charge in [0.25, 0.3) is 0 Å². The van der Waals surface area contributed by atoms with Crippen molar-refractivity contribution in [2.75, 3.05) is 22.2 Å². The van der Waals surface area contributed by atoms with Crippen molar-refractivity contribution in [2.45, 2.75) is 38.6 Å². The number of rotatable bonds is 5. The molecule has 1 aliphatic rings. The van der Waals surface area contributed by atoms with Crippen LogP contribution in [0.25, 0.3) is 0 Å². The van der Waals surface area contributed by atoms with Crippen LogP contribution in [-0.2, 0) is 16.3 Å². The lowest BCUT2D eigenvalue weighted by Gasteiger charge is -2.23. The SMILES string of the molecule is CCCc1nc(NN)cc(NC2CCCS(=O)(=O)C2)n1. The Kier molecular flexibility index (Phi) is 4.77. The van der Waals surface area contributed by atoms with Crippen LogP contribution >= 0.6 is 0 Å². The van der Waals surface area contributed by atoms with Gasteiger partial charge in [0.2, 0.25) is 0 Å². The van der Waals surface area contributed by atoms with E-state index >= 15 is 0 Å². The fourth-order valence-electron chi connectivity index (χ4n) is 2.33. The molecule has 112 valence electrons. The van der Waals surface area contributed by atoms with Crippen molar-refractivity contribution < 1.29 is 8.42 Å². The minimum atomic E-state index is -2.93. The maximum Gasteiger partial charge on any atom is 0.152 e. The van der Waals surface area contributed by atoms with E-state index in [0.717, 1.165) is 19.3 Å². The molecule has 1 atom stereocenters. The molecule has 0 aliphatic carbocycles. The first kappa shape index (κ1) is 15.0. The number of hydrogen-bond donors (Lipinski definition) is 3. The molecule has 20 heavy (non-hydrogen) atoms. The first-order chi connectivity index (χ1) is 9.52.